The monoisotopic (exact) mass is 313 g/mol. The first kappa shape index (κ1) is 15.6. The van der Waals surface area contributed by atoms with Crippen LogP contribution in [0.25, 0.3) is 0 Å². The van der Waals surface area contributed by atoms with Crippen molar-refractivity contribution in [2.45, 2.75) is 26.0 Å². The highest BCUT2D eigenvalue weighted by molar-refractivity contribution is 7.10. The van der Waals surface area contributed by atoms with Crippen LogP contribution < -0.4 is 14.8 Å². The Bertz CT molecular complexity index is 561. The van der Waals surface area contributed by atoms with E-state index in [2.05, 4.69) is 10.1 Å². The minimum absolute atomic E-state index is 0.0390. The summed E-state index contributed by atoms with van der Waals surface area (Å²) in [6.45, 7) is -0.827. The third-order valence-electron chi connectivity index (χ3n) is 3.03. The number of halogens is 2. The summed E-state index contributed by atoms with van der Waals surface area (Å²) >= 11 is 1.62. The smallest absolute Gasteiger partial charge is 0.387 e. The van der Waals surface area contributed by atoms with Crippen LogP contribution in [-0.2, 0) is 0 Å². The third kappa shape index (κ3) is 4.07. The zero-order chi connectivity index (χ0) is 15.2. The van der Waals surface area contributed by atoms with E-state index in [9.17, 15) is 8.78 Å². The van der Waals surface area contributed by atoms with Gasteiger partial charge in [0.15, 0.2) is 0 Å². The predicted octanol–water partition coefficient (Wildman–Crippen LogP) is 4.92. The number of anilines is 1. The van der Waals surface area contributed by atoms with Crippen LogP contribution in [0.2, 0.25) is 0 Å². The highest BCUT2D eigenvalue weighted by Gasteiger charge is 2.16. The van der Waals surface area contributed by atoms with E-state index in [0.29, 0.717) is 11.4 Å². The molecule has 21 heavy (non-hydrogen) atoms. The van der Waals surface area contributed by atoms with Crippen molar-refractivity contribution in [1.82, 2.24) is 0 Å². The van der Waals surface area contributed by atoms with E-state index < -0.39 is 6.61 Å². The molecule has 0 amide bonds. The lowest BCUT2D eigenvalue weighted by Gasteiger charge is -2.20. The van der Waals surface area contributed by atoms with E-state index in [0.717, 1.165) is 11.3 Å². The molecule has 1 heterocycles. The maximum absolute atomic E-state index is 12.5. The lowest BCUT2D eigenvalue weighted by Crippen LogP contribution is -2.11. The van der Waals surface area contributed by atoms with E-state index in [1.807, 2.05) is 24.4 Å². The average molecular weight is 313 g/mol. The molecule has 114 valence electrons. The molecule has 0 bridgehead atoms. The SMILES string of the molecule is CCC(Nc1cc(OC)ccc1OC(F)F)c1cccs1. The molecule has 1 N–H and O–H groups in total. The fourth-order valence-corrected chi connectivity index (χ4v) is 2.86. The van der Waals surface area contributed by atoms with E-state index in [-0.39, 0.29) is 11.8 Å². The van der Waals surface area contributed by atoms with Gasteiger partial charge in [0.2, 0.25) is 0 Å². The maximum Gasteiger partial charge on any atom is 0.387 e. The molecular weight excluding hydrogens is 296 g/mol. The Labute approximate surface area is 126 Å². The summed E-state index contributed by atoms with van der Waals surface area (Å²) in [6.07, 6.45) is 0.825. The van der Waals surface area contributed by atoms with Gasteiger partial charge in [-0.05, 0) is 30.0 Å². The predicted molar refractivity (Wildman–Crippen MR) is 80.6 cm³/mol. The molecule has 0 radical (unpaired) electrons. The van der Waals surface area contributed by atoms with Crippen molar-refractivity contribution in [3.63, 3.8) is 0 Å². The molecule has 0 fully saturated rings. The molecule has 0 spiro atoms. The molecule has 2 aromatic rings. The summed E-state index contributed by atoms with van der Waals surface area (Å²) in [4.78, 5) is 1.14. The van der Waals surface area contributed by atoms with Crippen LogP contribution in [0.4, 0.5) is 14.5 Å². The summed E-state index contributed by atoms with van der Waals surface area (Å²) < 4.78 is 34.7. The van der Waals surface area contributed by atoms with Crippen LogP contribution in [0, 0.1) is 0 Å². The Balaban J connectivity index is 2.27. The Morgan fingerprint density at radius 2 is 2.10 bits per heavy atom. The first-order valence-corrected chi connectivity index (χ1v) is 7.44. The first-order chi connectivity index (χ1) is 10.1. The molecular formula is C15H17F2NO2S. The van der Waals surface area contributed by atoms with E-state index >= 15 is 0 Å². The van der Waals surface area contributed by atoms with Crippen LogP contribution >= 0.6 is 11.3 Å². The number of rotatable bonds is 7. The highest BCUT2D eigenvalue weighted by atomic mass is 32.1. The fourth-order valence-electron chi connectivity index (χ4n) is 2.00. The van der Waals surface area contributed by atoms with Gasteiger partial charge in [-0.2, -0.15) is 8.78 Å². The van der Waals surface area contributed by atoms with Crippen molar-refractivity contribution in [2.24, 2.45) is 0 Å². The molecule has 2 rings (SSSR count). The zero-order valence-corrected chi connectivity index (χ0v) is 12.6. The van der Waals surface area contributed by atoms with E-state index in [1.54, 1.807) is 23.5 Å². The lowest BCUT2D eigenvalue weighted by molar-refractivity contribution is -0.0494. The molecule has 6 heteroatoms. The Morgan fingerprint density at radius 1 is 1.29 bits per heavy atom. The zero-order valence-electron chi connectivity index (χ0n) is 11.8. The summed E-state index contributed by atoms with van der Waals surface area (Å²) in [5.41, 5.74) is 0.495. The van der Waals surface area contributed by atoms with Gasteiger partial charge in [-0.25, -0.2) is 0 Å². The number of nitrogens with one attached hydrogen (secondary N) is 1. The summed E-state index contributed by atoms with van der Waals surface area (Å²) in [5.74, 6) is 0.695. The molecule has 0 saturated heterocycles. The van der Waals surface area contributed by atoms with Gasteiger partial charge in [-0.1, -0.05) is 13.0 Å². The van der Waals surface area contributed by atoms with Crippen LogP contribution in [0.5, 0.6) is 11.5 Å². The number of alkyl halides is 2. The van der Waals surface area contributed by atoms with Gasteiger partial charge in [0.1, 0.15) is 11.5 Å². The summed E-state index contributed by atoms with van der Waals surface area (Å²) in [7, 11) is 1.53. The standard InChI is InChI=1S/C15H17F2NO2S/c1-3-11(14-5-4-8-21-14)18-12-9-10(19-2)6-7-13(12)20-15(16)17/h4-9,11,15,18H,3H2,1-2H3. The summed E-state index contributed by atoms with van der Waals surface area (Å²) in [5, 5.41) is 5.24. The van der Waals surface area contributed by atoms with Gasteiger partial charge < -0.3 is 14.8 Å². The molecule has 0 aliphatic rings. The highest BCUT2D eigenvalue weighted by Crippen LogP contribution is 2.34. The molecule has 1 aromatic heterocycles. The molecule has 0 aliphatic heterocycles. The van der Waals surface area contributed by atoms with Crippen LogP contribution in [0.15, 0.2) is 35.7 Å². The molecule has 3 nitrogen and oxygen atoms in total. The maximum atomic E-state index is 12.5. The second-order valence-corrected chi connectivity index (χ2v) is 5.34. The van der Waals surface area contributed by atoms with Crippen molar-refractivity contribution < 1.29 is 18.3 Å². The van der Waals surface area contributed by atoms with Crippen LogP contribution in [-0.4, -0.2) is 13.7 Å². The van der Waals surface area contributed by atoms with E-state index in [1.165, 1.54) is 13.2 Å². The lowest BCUT2D eigenvalue weighted by atomic mass is 10.1. The fraction of sp³-hybridized carbons (Fsp3) is 0.333. The minimum Gasteiger partial charge on any atom is -0.497 e. The largest absolute Gasteiger partial charge is 0.497 e. The van der Waals surface area contributed by atoms with Gasteiger partial charge >= 0.3 is 6.61 Å². The Morgan fingerprint density at radius 3 is 2.67 bits per heavy atom. The minimum atomic E-state index is -2.86. The van der Waals surface area contributed by atoms with Crippen LogP contribution in [0.1, 0.15) is 24.3 Å². The van der Waals surface area contributed by atoms with Gasteiger partial charge in [-0.15, -0.1) is 11.3 Å². The third-order valence-corrected chi connectivity index (χ3v) is 4.01. The number of hydrogen-bond acceptors (Lipinski definition) is 4. The molecule has 0 saturated carbocycles. The van der Waals surface area contributed by atoms with Gasteiger partial charge in [0.25, 0.3) is 0 Å². The molecule has 1 aromatic carbocycles. The number of hydrogen-bond donors (Lipinski definition) is 1. The second-order valence-electron chi connectivity index (χ2n) is 4.36. The summed E-state index contributed by atoms with van der Waals surface area (Å²) in [6, 6.07) is 8.75. The van der Waals surface area contributed by atoms with Gasteiger partial charge in [0, 0.05) is 10.9 Å². The normalized spacial score (nSPS) is 12.2. The van der Waals surface area contributed by atoms with Crippen molar-refractivity contribution in [3.8, 4) is 11.5 Å². The Hall–Kier alpha value is -1.82. The second kappa shape index (κ2) is 7.26. The quantitative estimate of drug-likeness (QED) is 0.787. The number of ether oxygens (including phenoxy) is 2. The number of benzene rings is 1. The average Bonchev–Trinajstić information content (AvgIpc) is 2.99. The van der Waals surface area contributed by atoms with Gasteiger partial charge in [-0.3, -0.25) is 0 Å². The number of thiophene rings is 1. The van der Waals surface area contributed by atoms with E-state index in [4.69, 9.17) is 4.74 Å². The molecule has 1 unspecified atom stereocenters. The van der Waals surface area contributed by atoms with Gasteiger partial charge in [0.05, 0.1) is 18.8 Å². The van der Waals surface area contributed by atoms with Crippen molar-refractivity contribution in [2.75, 3.05) is 12.4 Å². The topological polar surface area (TPSA) is 30.5 Å². The van der Waals surface area contributed by atoms with Crippen molar-refractivity contribution in [3.05, 3.63) is 40.6 Å². The molecule has 0 aliphatic carbocycles. The number of methoxy groups -OCH3 is 1. The Kier molecular flexibility index (Phi) is 5.38. The first-order valence-electron chi connectivity index (χ1n) is 6.56. The van der Waals surface area contributed by atoms with Crippen LogP contribution in [0.3, 0.4) is 0 Å². The van der Waals surface area contributed by atoms with Crippen molar-refractivity contribution >= 4 is 17.0 Å². The molecule has 1 atom stereocenters. The van der Waals surface area contributed by atoms with Crippen molar-refractivity contribution in [1.29, 1.82) is 0 Å².